The van der Waals surface area contributed by atoms with Crippen molar-refractivity contribution in [3.05, 3.63) is 116 Å². The molecular weight excluding hydrogens is 624 g/mol. The maximum atomic E-state index is 5.11. The van der Waals surface area contributed by atoms with Crippen molar-refractivity contribution in [2.45, 2.75) is 13.8 Å². The van der Waals surface area contributed by atoms with Gasteiger partial charge in [-0.1, -0.05) is 56.1 Å². The molecule has 2 aliphatic heterocycles. The molecule has 5 aromatic rings. The summed E-state index contributed by atoms with van der Waals surface area (Å²) in [6, 6.07) is 25.4. The van der Waals surface area contributed by atoms with Gasteiger partial charge in [0.25, 0.3) is 0 Å². The molecule has 4 nitrogen and oxygen atoms in total. The van der Waals surface area contributed by atoms with Gasteiger partial charge in [-0.05, 0) is 103 Å². The fourth-order valence-electron chi connectivity index (χ4n) is 5.33. The van der Waals surface area contributed by atoms with E-state index < -0.39 is 0 Å². The van der Waals surface area contributed by atoms with E-state index in [0.717, 1.165) is 87.2 Å². The normalized spacial score (nSPS) is 12.3. The summed E-state index contributed by atoms with van der Waals surface area (Å²) >= 11 is 7.15. The summed E-state index contributed by atoms with van der Waals surface area (Å²) in [4.78, 5) is 17.6. The summed E-state index contributed by atoms with van der Waals surface area (Å²) in [6.45, 7) is 4.24. The number of nitrogens with zero attached hydrogens (tertiary/aromatic N) is 2. The number of aryl methyl sites for hydroxylation is 1. The number of aromatic nitrogens is 4. The Morgan fingerprint density at radius 2 is 0.825 bits per heavy atom. The Bertz CT molecular complexity index is 1880. The van der Waals surface area contributed by atoms with Gasteiger partial charge in [0.05, 0.1) is 22.8 Å². The molecule has 2 aromatic carbocycles. The van der Waals surface area contributed by atoms with Crippen molar-refractivity contribution < 1.29 is 0 Å². The molecule has 3 aromatic heterocycles. The Hall–Kier alpha value is -4.00. The summed E-state index contributed by atoms with van der Waals surface area (Å²) in [5, 5.41) is 0. The molecular formula is C34H24Br2N4. The van der Waals surface area contributed by atoms with Crippen LogP contribution in [0.2, 0.25) is 0 Å². The molecule has 0 saturated carbocycles. The molecule has 2 N–H and O–H groups in total. The van der Waals surface area contributed by atoms with E-state index in [2.05, 4.69) is 153 Å². The summed E-state index contributed by atoms with van der Waals surface area (Å²) in [6.07, 6.45) is 8.39. The molecule has 0 amide bonds. The summed E-state index contributed by atoms with van der Waals surface area (Å²) < 4.78 is 2.09. The Balaban J connectivity index is 1.61. The Labute approximate surface area is 248 Å². The van der Waals surface area contributed by atoms with E-state index >= 15 is 0 Å². The van der Waals surface area contributed by atoms with Crippen LogP contribution in [0.4, 0.5) is 0 Å². The second-order valence-electron chi connectivity index (χ2n) is 10.0. The maximum Gasteiger partial charge on any atom is 0.0737 e. The SMILES string of the molecule is Cc1c2nc(c(-c3ccc(Br)cc3)c3ccc([nH]3)c(C)c3ccc([nH]3)c(-c3ccc(Br)cc3)c3nc1C=C3)C=C2. The van der Waals surface area contributed by atoms with Gasteiger partial charge in [0.15, 0.2) is 0 Å². The Morgan fingerprint density at radius 3 is 1.25 bits per heavy atom. The summed E-state index contributed by atoms with van der Waals surface area (Å²) in [7, 11) is 0. The molecule has 40 heavy (non-hydrogen) atoms. The molecule has 0 atom stereocenters. The van der Waals surface area contributed by atoms with Crippen LogP contribution < -0.4 is 0 Å². The van der Waals surface area contributed by atoms with Crippen LogP contribution in [0.5, 0.6) is 0 Å². The molecule has 2 aliphatic rings. The summed E-state index contributed by atoms with van der Waals surface area (Å²) in [5.74, 6) is 0. The van der Waals surface area contributed by atoms with Crippen LogP contribution in [0, 0.1) is 13.8 Å². The number of nitrogens with one attached hydrogen (secondary N) is 2. The number of hydrogen-bond acceptors (Lipinski definition) is 2. The Kier molecular flexibility index (Phi) is 6.17. The monoisotopic (exact) mass is 646 g/mol. The van der Waals surface area contributed by atoms with E-state index in [0.29, 0.717) is 0 Å². The fraction of sp³-hybridized carbons (Fsp3) is 0.0588. The van der Waals surface area contributed by atoms with Gasteiger partial charge in [0.1, 0.15) is 0 Å². The first-order valence-electron chi connectivity index (χ1n) is 13.1. The number of halogens is 2. The van der Waals surface area contributed by atoms with Crippen molar-refractivity contribution in [1.29, 1.82) is 0 Å². The zero-order valence-electron chi connectivity index (χ0n) is 21.9. The number of rotatable bonds is 2. The van der Waals surface area contributed by atoms with E-state index in [1.807, 2.05) is 0 Å². The fourth-order valence-corrected chi connectivity index (χ4v) is 5.86. The van der Waals surface area contributed by atoms with Crippen molar-refractivity contribution in [3.8, 4) is 22.3 Å². The average Bonchev–Trinajstić information content (AvgIpc) is 3.78. The third-order valence-corrected chi connectivity index (χ3v) is 8.60. The molecule has 0 spiro atoms. The van der Waals surface area contributed by atoms with Crippen LogP contribution in [-0.2, 0) is 0 Å². The zero-order valence-corrected chi connectivity index (χ0v) is 25.1. The Morgan fingerprint density at radius 1 is 0.450 bits per heavy atom. The molecule has 6 heteroatoms. The smallest absolute Gasteiger partial charge is 0.0737 e. The highest BCUT2D eigenvalue weighted by Gasteiger charge is 2.16. The highest BCUT2D eigenvalue weighted by atomic mass is 79.9. The second-order valence-corrected chi connectivity index (χ2v) is 11.8. The predicted molar refractivity (Wildman–Crippen MR) is 175 cm³/mol. The second kappa shape index (κ2) is 9.88. The lowest BCUT2D eigenvalue weighted by molar-refractivity contribution is 1.21. The molecule has 7 rings (SSSR count). The van der Waals surface area contributed by atoms with Gasteiger partial charge in [0, 0.05) is 47.7 Å². The van der Waals surface area contributed by atoms with Crippen LogP contribution in [0.3, 0.4) is 0 Å². The third kappa shape index (κ3) is 4.37. The number of fused-ring (bicyclic) bond motifs is 8. The van der Waals surface area contributed by atoms with Crippen LogP contribution in [0.25, 0.3) is 68.6 Å². The lowest BCUT2D eigenvalue weighted by Gasteiger charge is -2.05. The van der Waals surface area contributed by atoms with E-state index in [1.165, 1.54) is 0 Å². The highest BCUT2D eigenvalue weighted by Crippen LogP contribution is 2.34. The molecule has 0 radical (unpaired) electrons. The minimum Gasteiger partial charge on any atom is -0.355 e. The lowest BCUT2D eigenvalue weighted by Crippen LogP contribution is -1.89. The van der Waals surface area contributed by atoms with Gasteiger partial charge in [-0.15, -0.1) is 0 Å². The standard InChI is InChI=1S/C34H24Br2N4/c1-19-25-11-15-29(37-25)33(21-3-7-23(35)8-4-21)31-17-13-27(39-31)20(2)28-14-18-32(40-28)34(30-16-12-26(19)38-30)22-5-9-24(36)10-6-22/h3-18,37-38H,1-2H3. The third-order valence-electron chi connectivity index (χ3n) is 7.55. The van der Waals surface area contributed by atoms with E-state index in [-0.39, 0.29) is 0 Å². The van der Waals surface area contributed by atoms with E-state index in [4.69, 9.17) is 9.97 Å². The van der Waals surface area contributed by atoms with Crippen LogP contribution in [0.15, 0.2) is 81.7 Å². The molecule has 0 saturated heterocycles. The molecule has 8 bridgehead atoms. The number of benzene rings is 2. The minimum atomic E-state index is 0.920. The average molecular weight is 648 g/mol. The molecule has 194 valence electrons. The topological polar surface area (TPSA) is 57.4 Å². The van der Waals surface area contributed by atoms with E-state index in [1.54, 1.807) is 0 Å². The largest absolute Gasteiger partial charge is 0.355 e. The lowest BCUT2D eigenvalue weighted by atomic mass is 10.0. The summed E-state index contributed by atoms with van der Waals surface area (Å²) in [5.41, 5.74) is 14.3. The molecule has 0 aliphatic carbocycles. The molecule has 0 unspecified atom stereocenters. The maximum absolute atomic E-state index is 5.11. The first-order chi connectivity index (χ1) is 19.4. The first kappa shape index (κ1) is 25.0. The van der Waals surface area contributed by atoms with Gasteiger partial charge in [0.2, 0.25) is 0 Å². The van der Waals surface area contributed by atoms with Gasteiger partial charge >= 0.3 is 0 Å². The molecule has 0 fully saturated rings. The van der Waals surface area contributed by atoms with Crippen molar-refractivity contribution in [2.75, 3.05) is 0 Å². The number of H-pyrrole nitrogens is 2. The number of hydrogen-bond donors (Lipinski definition) is 2. The van der Waals surface area contributed by atoms with E-state index in [9.17, 15) is 0 Å². The quantitative estimate of drug-likeness (QED) is 0.196. The van der Waals surface area contributed by atoms with Crippen molar-refractivity contribution in [1.82, 2.24) is 19.9 Å². The van der Waals surface area contributed by atoms with Gasteiger partial charge in [-0.25, -0.2) is 9.97 Å². The van der Waals surface area contributed by atoms with Gasteiger partial charge in [-0.2, -0.15) is 0 Å². The van der Waals surface area contributed by atoms with Crippen LogP contribution in [-0.4, -0.2) is 19.9 Å². The van der Waals surface area contributed by atoms with Crippen molar-refractivity contribution in [3.63, 3.8) is 0 Å². The van der Waals surface area contributed by atoms with Crippen LogP contribution >= 0.6 is 31.9 Å². The van der Waals surface area contributed by atoms with Gasteiger partial charge in [-0.3, -0.25) is 0 Å². The highest BCUT2D eigenvalue weighted by molar-refractivity contribution is 9.10. The molecule has 5 heterocycles. The first-order valence-corrected chi connectivity index (χ1v) is 14.6. The number of aromatic amines is 2. The van der Waals surface area contributed by atoms with Crippen molar-refractivity contribution >= 4 is 78.2 Å². The zero-order chi connectivity index (χ0) is 27.4. The van der Waals surface area contributed by atoms with Crippen LogP contribution in [0.1, 0.15) is 33.9 Å². The van der Waals surface area contributed by atoms with Gasteiger partial charge < -0.3 is 9.97 Å². The predicted octanol–water partition coefficient (Wildman–Crippen LogP) is 10.1. The minimum absolute atomic E-state index is 0.920. The van der Waals surface area contributed by atoms with Crippen molar-refractivity contribution in [2.24, 2.45) is 0 Å².